The molecule has 0 spiro atoms. The highest BCUT2D eigenvalue weighted by molar-refractivity contribution is 7.39. The maximum Gasteiger partial charge on any atom is 0.513 e. The van der Waals surface area contributed by atoms with Gasteiger partial charge in [-0.3, -0.25) is 4.79 Å². The third-order valence-corrected chi connectivity index (χ3v) is 2.29. The van der Waals surface area contributed by atoms with Crippen LogP contribution in [0.2, 0.25) is 0 Å². The zero-order valence-electron chi connectivity index (χ0n) is 10.1. The quantitative estimate of drug-likeness (QED) is 0.721. The van der Waals surface area contributed by atoms with Crippen LogP contribution in [-0.2, 0) is 9.36 Å². The molecule has 0 amide bonds. The molecule has 0 radical (unpaired) electrons. The fourth-order valence-electron chi connectivity index (χ4n) is 1.20. The molecule has 0 saturated carbocycles. The van der Waals surface area contributed by atoms with Crippen molar-refractivity contribution in [3.8, 4) is 0 Å². The van der Waals surface area contributed by atoms with Gasteiger partial charge < -0.3 is 5.48 Å². The molecule has 0 rings (SSSR count). The molecule has 0 aliphatic heterocycles. The van der Waals surface area contributed by atoms with Crippen LogP contribution in [0.5, 0.6) is 0 Å². The van der Waals surface area contributed by atoms with Crippen LogP contribution in [-0.4, -0.2) is 22.3 Å². The molecule has 5 heteroatoms. The summed E-state index contributed by atoms with van der Waals surface area (Å²) in [6.45, 7) is 8.05. The Morgan fingerprint density at radius 2 is 1.87 bits per heavy atom. The number of ketones is 1. The molecular formula is C10H24O4P+. The van der Waals surface area contributed by atoms with E-state index in [1.54, 1.807) is 0 Å². The lowest BCUT2D eigenvalue weighted by molar-refractivity contribution is -0.117. The van der Waals surface area contributed by atoms with E-state index < -0.39 is 8.03 Å². The Morgan fingerprint density at radius 3 is 2.20 bits per heavy atom. The van der Waals surface area contributed by atoms with Crippen molar-refractivity contribution in [3.63, 3.8) is 0 Å². The van der Waals surface area contributed by atoms with Crippen molar-refractivity contribution in [2.45, 2.75) is 47.0 Å². The van der Waals surface area contributed by atoms with E-state index in [9.17, 15) is 9.36 Å². The SMILES string of the molecule is CC.CCCC(C)CC(=O)C[P+](=O)O.O. The molecule has 0 aromatic heterocycles. The van der Waals surface area contributed by atoms with Crippen molar-refractivity contribution in [3.05, 3.63) is 0 Å². The second-order valence-corrected chi connectivity index (χ2v) is 4.17. The highest BCUT2D eigenvalue weighted by atomic mass is 31.1. The maximum absolute atomic E-state index is 11.0. The predicted octanol–water partition coefficient (Wildman–Crippen LogP) is 2.32. The summed E-state index contributed by atoms with van der Waals surface area (Å²) >= 11 is 0. The van der Waals surface area contributed by atoms with Gasteiger partial charge in [0.25, 0.3) is 0 Å². The molecule has 0 aromatic carbocycles. The topological polar surface area (TPSA) is 85.9 Å². The highest BCUT2D eigenvalue weighted by Gasteiger charge is 2.19. The van der Waals surface area contributed by atoms with Gasteiger partial charge in [-0.1, -0.05) is 40.5 Å². The van der Waals surface area contributed by atoms with E-state index in [0.717, 1.165) is 12.8 Å². The van der Waals surface area contributed by atoms with Crippen LogP contribution in [0, 0.1) is 5.92 Å². The number of Topliss-reactive ketones (excluding diaryl/α,β-unsaturated/α-hetero) is 1. The third-order valence-electron chi connectivity index (χ3n) is 1.67. The number of carbonyl (C=O) groups is 1. The van der Waals surface area contributed by atoms with E-state index in [1.807, 2.05) is 20.8 Å². The van der Waals surface area contributed by atoms with E-state index in [-0.39, 0.29) is 17.4 Å². The van der Waals surface area contributed by atoms with Crippen LogP contribution >= 0.6 is 8.03 Å². The Labute approximate surface area is 93.3 Å². The molecule has 2 atom stereocenters. The zero-order valence-corrected chi connectivity index (χ0v) is 11.0. The van der Waals surface area contributed by atoms with Crippen LogP contribution in [0.25, 0.3) is 0 Å². The molecule has 15 heavy (non-hydrogen) atoms. The molecule has 92 valence electrons. The van der Waals surface area contributed by atoms with Crippen molar-refractivity contribution in [1.29, 1.82) is 0 Å². The molecule has 0 aromatic rings. The number of hydrogen-bond donors (Lipinski definition) is 1. The van der Waals surface area contributed by atoms with Crippen LogP contribution in [0.1, 0.15) is 47.0 Å². The normalized spacial score (nSPS) is 11.7. The van der Waals surface area contributed by atoms with Crippen LogP contribution < -0.4 is 0 Å². The summed E-state index contributed by atoms with van der Waals surface area (Å²) in [7, 11) is -2.28. The van der Waals surface area contributed by atoms with Gasteiger partial charge >= 0.3 is 8.03 Å². The van der Waals surface area contributed by atoms with Gasteiger partial charge in [0.05, 0.1) is 0 Å². The number of hydrogen-bond acceptors (Lipinski definition) is 2. The first-order chi connectivity index (χ1) is 6.56. The monoisotopic (exact) mass is 239 g/mol. The first-order valence-corrected chi connectivity index (χ1v) is 6.61. The van der Waals surface area contributed by atoms with E-state index >= 15 is 0 Å². The van der Waals surface area contributed by atoms with Gasteiger partial charge in [-0.25, -0.2) is 0 Å². The van der Waals surface area contributed by atoms with E-state index in [4.69, 9.17) is 4.89 Å². The second-order valence-electron chi connectivity index (χ2n) is 3.15. The molecule has 0 aliphatic rings. The Bertz CT molecular complexity index is 171. The number of rotatable bonds is 6. The summed E-state index contributed by atoms with van der Waals surface area (Å²) in [5.41, 5.74) is 0. The van der Waals surface area contributed by atoms with Crippen molar-refractivity contribution in [2.24, 2.45) is 5.92 Å². The standard InChI is InChI=1S/C8H15O3P.C2H6.H2O/c1-3-4-7(2)5-8(9)6-12(10)11;1-2;/h7H,3-6H2,1-2H3;1-2H3;1H2/p+1. The van der Waals surface area contributed by atoms with Gasteiger partial charge in [0.15, 0.2) is 5.78 Å². The second kappa shape index (κ2) is 13.7. The Kier molecular flexibility index (Phi) is 18.4. The Balaban J connectivity index is -0.000000449. The lowest BCUT2D eigenvalue weighted by atomic mass is 10.0. The van der Waals surface area contributed by atoms with Gasteiger partial charge in [-0.2, -0.15) is 4.89 Å². The lowest BCUT2D eigenvalue weighted by Crippen LogP contribution is -2.07. The molecule has 0 heterocycles. The van der Waals surface area contributed by atoms with E-state index in [2.05, 4.69) is 6.92 Å². The van der Waals surface area contributed by atoms with Crippen molar-refractivity contribution in [2.75, 3.05) is 6.16 Å². The summed E-state index contributed by atoms with van der Waals surface area (Å²) in [5, 5.41) is 0. The lowest BCUT2D eigenvalue weighted by Gasteiger charge is -2.05. The van der Waals surface area contributed by atoms with E-state index in [1.165, 1.54) is 0 Å². The largest absolute Gasteiger partial charge is 0.513 e. The molecule has 0 aliphatic carbocycles. The number of carbonyl (C=O) groups excluding carboxylic acids is 1. The molecule has 2 unspecified atom stereocenters. The minimum Gasteiger partial charge on any atom is -0.412 e. The fourth-order valence-corrected chi connectivity index (χ4v) is 1.63. The summed E-state index contributed by atoms with van der Waals surface area (Å²) in [6, 6.07) is 0. The summed E-state index contributed by atoms with van der Waals surface area (Å²) in [5.74, 6) is 0.247. The average Bonchev–Trinajstić information content (AvgIpc) is 2.06. The maximum atomic E-state index is 11.0. The summed E-state index contributed by atoms with van der Waals surface area (Å²) < 4.78 is 10.3. The first-order valence-electron chi connectivity index (χ1n) is 5.21. The predicted molar refractivity (Wildman–Crippen MR) is 63.4 cm³/mol. The Hall–Kier alpha value is -0.310. The third kappa shape index (κ3) is 16.4. The van der Waals surface area contributed by atoms with Crippen molar-refractivity contribution >= 4 is 13.8 Å². The minimum atomic E-state index is -2.28. The first kappa shape index (κ1) is 20.1. The minimum absolute atomic E-state index is 0. The molecule has 4 nitrogen and oxygen atoms in total. The van der Waals surface area contributed by atoms with Gasteiger partial charge in [-0.15, -0.1) is 0 Å². The summed E-state index contributed by atoms with van der Waals surface area (Å²) in [4.78, 5) is 19.4. The molecular weight excluding hydrogens is 215 g/mol. The molecule has 0 bridgehead atoms. The molecule has 3 N–H and O–H groups in total. The summed E-state index contributed by atoms with van der Waals surface area (Å²) in [6.07, 6.45) is 2.33. The highest BCUT2D eigenvalue weighted by Crippen LogP contribution is 2.17. The van der Waals surface area contributed by atoms with Crippen LogP contribution in [0.15, 0.2) is 0 Å². The van der Waals surface area contributed by atoms with Gasteiger partial charge in [0.2, 0.25) is 6.16 Å². The van der Waals surface area contributed by atoms with Crippen molar-refractivity contribution in [1.82, 2.24) is 0 Å². The fraction of sp³-hybridized carbons (Fsp3) is 0.900. The van der Waals surface area contributed by atoms with Crippen LogP contribution in [0.3, 0.4) is 0 Å². The molecule has 0 saturated heterocycles. The van der Waals surface area contributed by atoms with Gasteiger partial charge in [0.1, 0.15) is 0 Å². The Morgan fingerprint density at radius 1 is 1.40 bits per heavy atom. The van der Waals surface area contributed by atoms with E-state index in [0.29, 0.717) is 12.3 Å². The van der Waals surface area contributed by atoms with Gasteiger partial charge in [0, 0.05) is 6.42 Å². The van der Waals surface area contributed by atoms with Crippen LogP contribution in [0.4, 0.5) is 0 Å². The molecule has 0 fully saturated rings. The smallest absolute Gasteiger partial charge is 0.412 e. The average molecular weight is 239 g/mol. The van der Waals surface area contributed by atoms with Crippen molar-refractivity contribution < 1.29 is 19.7 Å². The van der Waals surface area contributed by atoms with Gasteiger partial charge in [-0.05, 0) is 10.5 Å². The zero-order chi connectivity index (χ0) is 11.6.